The van der Waals surface area contributed by atoms with Gasteiger partial charge >= 0.3 is 0 Å². The number of hydrogen-bond acceptors (Lipinski definition) is 3. The van der Waals surface area contributed by atoms with Crippen LogP contribution in [0.15, 0.2) is 36.5 Å². The lowest BCUT2D eigenvalue weighted by Gasteiger charge is -2.23. The van der Waals surface area contributed by atoms with Crippen molar-refractivity contribution >= 4 is 28.4 Å². The summed E-state index contributed by atoms with van der Waals surface area (Å²) >= 11 is 0. The van der Waals surface area contributed by atoms with Crippen molar-refractivity contribution < 1.29 is 9.59 Å². The zero-order valence-electron chi connectivity index (χ0n) is 14.0. The molecule has 5 heteroatoms. The number of anilines is 1. The number of nitrogens with zero attached hydrogens (tertiary/aromatic N) is 1. The second-order valence-electron chi connectivity index (χ2n) is 6.56. The van der Waals surface area contributed by atoms with E-state index in [2.05, 4.69) is 15.6 Å². The third-order valence-electron chi connectivity index (χ3n) is 3.69. The van der Waals surface area contributed by atoms with E-state index < -0.39 is 5.41 Å². The van der Waals surface area contributed by atoms with E-state index in [1.165, 1.54) is 0 Å². The molecule has 23 heavy (non-hydrogen) atoms. The van der Waals surface area contributed by atoms with Gasteiger partial charge in [-0.05, 0) is 31.9 Å². The molecule has 0 saturated heterocycles. The summed E-state index contributed by atoms with van der Waals surface area (Å²) in [6, 6.07) is 9.34. The van der Waals surface area contributed by atoms with Gasteiger partial charge in [-0.3, -0.25) is 14.6 Å². The monoisotopic (exact) mass is 313 g/mol. The molecule has 2 aromatic rings. The zero-order chi connectivity index (χ0) is 17.0. The Balaban J connectivity index is 2.18. The zero-order valence-corrected chi connectivity index (χ0v) is 14.0. The molecule has 122 valence electrons. The fourth-order valence-electron chi connectivity index (χ4n) is 2.10. The molecule has 0 spiro atoms. The fourth-order valence-corrected chi connectivity index (χ4v) is 2.10. The summed E-state index contributed by atoms with van der Waals surface area (Å²) in [4.78, 5) is 29.1. The summed E-state index contributed by atoms with van der Waals surface area (Å²) < 4.78 is 0. The number of benzene rings is 1. The Bertz CT molecular complexity index is 718. The first-order chi connectivity index (χ1) is 10.8. The van der Waals surface area contributed by atoms with Crippen LogP contribution in [0.5, 0.6) is 0 Å². The minimum absolute atomic E-state index is 0.281. The molecule has 5 nitrogen and oxygen atoms in total. The normalized spacial score (nSPS) is 11.5. The number of carbonyl (C=O) groups is 2. The largest absolute Gasteiger partial charge is 0.355 e. The van der Waals surface area contributed by atoms with Gasteiger partial charge in [0, 0.05) is 18.1 Å². The maximum Gasteiger partial charge on any atom is 0.239 e. The molecule has 2 rings (SSSR count). The van der Waals surface area contributed by atoms with Gasteiger partial charge in [-0.2, -0.15) is 0 Å². The average Bonchev–Trinajstić information content (AvgIpc) is 2.52. The molecule has 2 N–H and O–H groups in total. The van der Waals surface area contributed by atoms with E-state index in [1.807, 2.05) is 38.1 Å². The van der Waals surface area contributed by atoms with Crippen LogP contribution in [0.25, 0.3) is 10.9 Å². The van der Waals surface area contributed by atoms with Crippen molar-refractivity contribution in [2.24, 2.45) is 11.3 Å². The van der Waals surface area contributed by atoms with Gasteiger partial charge in [-0.1, -0.05) is 32.0 Å². The highest BCUT2D eigenvalue weighted by molar-refractivity contribution is 6.12. The molecular weight excluding hydrogens is 290 g/mol. The number of pyridine rings is 1. The highest BCUT2D eigenvalue weighted by Gasteiger charge is 2.36. The summed E-state index contributed by atoms with van der Waals surface area (Å²) in [6.07, 6.45) is 1.68. The topological polar surface area (TPSA) is 71.1 Å². The third kappa shape index (κ3) is 3.86. The van der Waals surface area contributed by atoms with E-state index in [1.54, 1.807) is 26.1 Å². The number of rotatable bonds is 5. The van der Waals surface area contributed by atoms with E-state index in [0.717, 1.165) is 5.39 Å². The lowest BCUT2D eigenvalue weighted by atomic mass is 9.90. The maximum absolute atomic E-state index is 12.6. The molecule has 0 atom stereocenters. The van der Waals surface area contributed by atoms with Crippen LogP contribution in [-0.4, -0.2) is 23.3 Å². The van der Waals surface area contributed by atoms with Crippen LogP contribution in [-0.2, 0) is 9.59 Å². The minimum atomic E-state index is -1.16. The van der Waals surface area contributed by atoms with Crippen molar-refractivity contribution in [2.75, 3.05) is 11.9 Å². The minimum Gasteiger partial charge on any atom is -0.355 e. The summed E-state index contributed by atoms with van der Waals surface area (Å²) in [5.41, 5.74) is 0.158. The molecule has 0 aliphatic heterocycles. The number of amides is 2. The van der Waals surface area contributed by atoms with Gasteiger partial charge in [-0.15, -0.1) is 0 Å². The van der Waals surface area contributed by atoms with Crippen LogP contribution < -0.4 is 10.6 Å². The van der Waals surface area contributed by atoms with Gasteiger partial charge < -0.3 is 10.6 Å². The van der Waals surface area contributed by atoms with Gasteiger partial charge in [0.05, 0.1) is 11.2 Å². The van der Waals surface area contributed by atoms with Gasteiger partial charge in [-0.25, -0.2) is 0 Å². The van der Waals surface area contributed by atoms with Gasteiger partial charge in [0.1, 0.15) is 5.41 Å². The van der Waals surface area contributed by atoms with Gasteiger partial charge in [0.25, 0.3) is 0 Å². The molecule has 0 bridgehead atoms. The molecule has 0 unspecified atom stereocenters. The van der Waals surface area contributed by atoms with E-state index in [-0.39, 0.29) is 11.8 Å². The Morgan fingerprint density at radius 1 is 1.13 bits per heavy atom. The molecule has 1 heterocycles. The van der Waals surface area contributed by atoms with Crippen molar-refractivity contribution in [1.82, 2.24) is 10.3 Å². The predicted octanol–water partition coefficient (Wildman–Crippen LogP) is 2.97. The van der Waals surface area contributed by atoms with Gasteiger partial charge in [0.15, 0.2) is 0 Å². The number of para-hydroxylation sites is 1. The van der Waals surface area contributed by atoms with Crippen LogP contribution in [0.4, 0.5) is 5.69 Å². The Hall–Kier alpha value is -2.43. The Morgan fingerprint density at radius 2 is 1.83 bits per heavy atom. The highest BCUT2D eigenvalue weighted by Crippen LogP contribution is 2.24. The van der Waals surface area contributed by atoms with E-state index >= 15 is 0 Å². The summed E-state index contributed by atoms with van der Waals surface area (Å²) in [5, 5.41) is 6.58. The number of aromatic nitrogens is 1. The first kappa shape index (κ1) is 16.9. The third-order valence-corrected chi connectivity index (χ3v) is 3.69. The SMILES string of the molecule is CC(C)CNC(=O)C(C)(C)C(=O)Nc1cccc2cccnc12. The Morgan fingerprint density at radius 3 is 2.52 bits per heavy atom. The summed E-state index contributed by atoms with van der Waals surface area (Å²) in [5.74, 6) is -0.297. The van der Waals surface area contributed by atoms with Crippen LogP contribution in [0.3, 0.4) is 0 Å². The molecule has 0 saturated carbocycles. The summed E-state index contributed by atoms with van der Waals surface area (Å²) in [7, 11) is 0. The molecule has 0 aliphatic rings. The molecule has 0 aliphatic carbocycles. The number of hydrogen-bond donors (Lipinski definition) is 2. The standard InChI is InChI=1S/C18H23N3O2/c1-12(2)11-20-16(22)18(3,4)17(23)21-14-9-5-7-13-8-6-10-19-15(13)14/h5-10,12H,11H2,1-4H3,(H,20,22)(H,21,23). The molecular formula is C18H23N3O2. The first-order valence-electron chi connectivity index (χ1n) is 7.76. The van der Waals surface area contributed by atoms with Crippen molar-refractivity contribution in [3.63, 3.8) is 0 Å². The highest BCUT2D eigenvalue weighted by atomic mass is 16.2. The molecule has 2 amide bonds. The lowest BCUT2D eigenvalue weighted by Crippen LogP contribution is -2.46. The van der Waals surface area contributed by atoms with Crippen LogP contribution in [0, 0.1) is 11.3 Å². The van der Waals surface area contributed by atoms with Crippen molar-refractivity contribution in [1.29, 1.82) is 0 Å². The van der Waals surface area contributed by atoms with Crippen LogP contribution in [0.2, 0.25) is 0 Å². The fraction of sp³-hybridized carbons (Fsp3) is 0.389. The second-order valence-corrected chi connectivity index (χ2v) is 6.56. The average molecular weight is 313 g/mol. The quantitative estimate of drug-likeness (QED) is 0.834. The molecule has 0 radical (unpaired) electrons. The van der Waals surface area contributed by atoms with Crippen LogP contribution in [0.1, 0.15) is 27.7 Å². The Kier molecular flexibility index (Phi) is 4.98. The number of carbonyl (C=O) groups excluding carboxylic acids is 2. The van der Waals surface area contributed by atoms with Crippen LogP contribution >= 0.6 is 0 Å². The molecule has 1 aromatic heterocycles. The number of nitrogens with one attached hydrogen (secondary N) is 2. The van der Waals surface area contributed by atoms with E-state index in [0.29, 0.717) is 23.7 Å². The van der Waals surface area contributed by atoms with Crippen molar-refractivity contribution in [2.45, 2.75) is 27.7 Å². The smallest absolute Gasteiger partial charge is 0.239 e. The Labute approximate surface area is 136 Å². The van der Waals surface area contributed by atoms with E-state index in [4.69, 9.17) is 0 Å². The van der Waals surface area contributed by atoms with E-state index in [9.17, 15) is 9.59 Å². The molecule has 0 fully saturated rings. The van der Waals surface area contributed by atoms with Crippen molar-refractivity contribution in [3.8, 4) is 0 Å². The number of fused-ring (bicyclic) bond motifs is 1. The first-order valence-corrected chi connectivity index (χ1v) is 7.76. The van der Waals surface area contributed by atoms with Gasteiger partial charge in [0.2, 0.25) is 11.8 Å². The lowest BCUT2D eigenvalue weighted by molar-refractivity contribution is -0.138. The second kappa shape index (κ2) is 6.77. The maximum atomic E-state index is 12.6. The predicted molar refractivity (Wildman–Crippen MR) is 92.0 cm³/mol. The summed E-state index contributed by atoms with van der Waals surface area (Å²) in [6.45, 7) is 7.81. The van der Waals surface area contributed by atoms with Crippen molar-refractivity contribution in [3.05, 3.63) is 36.5 Å². The molecule has 1 aromatic carbocycles.